The Kier molecular flexibility index (Phi) is 5.75. The van der Waals surface area contributed by atoms with Gasteiger partial charge >= 0.3 is 0 Å². The topological polar surface area (TPSA) is 132 Å². The van der Waals surface area contributed by atoms with E-state index in [-0.39, 0.29) is 22.9 Å². The fourth-order valence-electron chi connectivity index (χ4n) is 4.49. The Morgan fingerprint density at radius 1 is 1.15 bits per heavy atom. The maximum atomic E-state index is 13.2. The van der Waals surface area contributed by atoms with Gasteiger partial charge in [0.15, 0.2) is 17.3 Å². The highest BCUT2D eigenvalue weighted by molar-refractivity contribution is 6.01. The van der Waals surface area contributed by atoms with Gasteiger partial charge in [-0.3, -0.25) is 19.8 Å². The van der Waals surface area contributed by atoms with Crippen LogP contribution in [0.5, 0.6) is 11.5 Å². The van der Waals surface area contributed by atoms with Crippen molar-refractivity contribution in [2.45, 2.75) is 25.2 Å². The van der Waals surface area contributed by atoms with Gasteiger partial charge in [0.1, 0.15) is 5.82 Å². The molecule has 2 aliphatic rings. The lowest BCUT2D eigenvalue weighted by atomic mass is 9.75. The van der Waals surface area contributed by atoms with Gasteiger partial charge in [-0.05, 0) is 36.6 Å². The number of non-ortho nitro benzene ring substituents is 1. The zero-order valence-corrected chi connectivity index (χ0v) is 18.2. The highest BCUT2D eigenvalue weighted by Crippen LogP contribution is 2.47. The Morgan fingerprint density at radius 2 is 1.91 bits per heavy atom. The van der Waals surface area contributed by atoms with Gasteiger partial charge in [0, 0.05) is 29.8 Å². The maximum Gasteiger partial charge on any atom is 0.271 e. The van der Waals surface area contributed by atoms with E-state index in [2.05, 4.69) is 6.07 Å². The number of carbonyl (C=O) groups excluding carboxylic acids is 1. The molecule has 4 rings (SSSR count). The normalized spacial score (nSPS) is 18.0. The number of carbonyl (C=O) groups is 1. The zero-order valence-electron chi connectivity index (χ0n) is 18.2. The van der Waals surface area contributed by atoms with Gasteiger partial charge in [0.05, 0.1) is 42.4 Å². The molecule has 0 bridgehead atoms. The maximum absolute atomic E-state index is 13.2. The van der Waals surface area contributed by atoms with Crippen LogP contribution in [-0.2, 0) is 4.79 Å². The molecule has 0 aromatic heterocycles. The van der Waals surface area contributed by atoms with E-state index in [1.807, 2.05) is 0 Å². The Morgan fingerprint density at radius 3 is 2.58 bits per heavy atom. The predicted octanol–water partition coefficient (Wildman–Crippen LogP) is 3.92. The van der Waals surface area contributed by atoms with E-state index in [0.29, 0.717) is 53.3 Å². The number of hydrogen-bond donors (Lipinski definition) is 1. The van der Waals surface area contributed by atoms with Crippen molar-refractivity contribution in [3.05, 3.63) is 80.8 Å². The molecule has 0 saturated carbocycles. The summed E-state index contributed by atoms with van der Waals surface area (Å²) in [5.41, 5.74) is 8.84. The molecule has 2 aromatic rings. The van der Waals surface area contributed by atoms with E-state index in [0.717, 1.165) is 0 Å². The average Bonchev–Trinajstić information content (AvgIpc) is 2.83. The Bertz CT molecular complexity index is 1260. The molecular formula is C24H22N4O5. The molecule has 9 nitrogen and oxygen atoms in total. The third-order valence-corrected chi connectivity index (χ3v) is 5.95. The second-order valence-electron chi connectivity index (χ2n) is 7.71. The molecule has 9 heteroatoms. The van der Waals surface area contributed by atoms with Gasteiger partial charge in [-0.25, -0.2) is 0 Å². The van der Waals surface area contributed by atoms with E-state index in [1.54, 1.807) is 35.2 Å². The molecule has 0 fully saturated rings. The monoisotopic (exact) mass is 446 g/mol. The first-order valence-electron chi connectivity index (χ1n) is 10.3. The summed E-state index contributed by atoms with van der Waals surface area (Å²) >= 11 is 0. The quantitative estimate of drug-likeness (QED) is 0.540. The Labute approximate surface area is 190 Å². The van der Waals surface area contributed by atoms with E-state index in [4.69, 9.17) is 15.2 Å². The number of nitro benzene ring substituents is 1. The fourth-order valence-corrected chi connectivity index (χ4v) is 4.49. The lowest BCUT2D eigenvalue weighted by molar-refractivity contribution is -0.384. The Balaban J connectivity index is 1.95. The summed E-state index contributed by atoms with van der Waals surface area (Å²) in [6.07, 6.45) is 1.52. The standard InChI is InChI=1S/C24H22N4O5/c1-32-20-10-9-14(11-21(20)33-2)22-17(13-25)24(26)27(18-7-4-8-19(29)23(18)22)15-5-3-6-16(12-15)28(30)31/h3,5-6,9-12,22H,4,7-8,26H2,1-2H3/t22-/m0/s1. The molecule has 2 aromatic carbocycles. The van der Waals surface area contributed by atoms with Gasteiger partial charge in [0.2, 0.25) is 0 Å². The van der Waals surface area contributed by atoms with Crippen molar-refractivity contribution in [1.82, 2.24) is 0 Å². The molecule has 0 saturated heterocycles. The third kappa shape index (κ3) is 3.65. The van der Waals surface area contributed by atoms with Gasteiger partial charge in [-0.1, -0.05) is 12.1 Å². The van der Waals surface area contributed by atoms with Crippen molar-refractivity contribution in [1.29, 1.82) is 5.26 Å². The van der Waals surface area contributed by atoms with Crippen molar-refractivity contribution < 1.29 is 19.2 Å². The van der Waals surface area contributed by atoms with Crippen molar-refractivity contribution in [3.8, 4) is 17.6 Å². The number of ketones is 1. The summed E-state index contributed by atoms with van der Waals surface area (Å²) in [4.78, 5) is 25.6. The molecule has 168 valence electrons. The number of nitrogens with zero attached hydrogens (tertiary/aromatic N) is 3. The molecule has 2 N–H and O–H groups in total. The number of nitro groups is 1. The number of benzene rings is 2. The van der Waals surface area contributed by atoms with E-state index >= 15 is 0 Å². The van der Waals surface area contributed by atoms with Gasteiger partial charge in [0.25, 0.3) is 5.69 Å². The van der Waals surface area contributed by atoms with Gasteiger partial charge in [-0.15, -0.1) is 0 Å². The number of nitrogens with two attached hydrogens (primary N) is 1. The molecule has 1 aliphatic heterocycles. The minimum atomic E-state index is -0.674. The van der Waals surface area contributed by atoms with E-state index in [9.17, 15) is 20.2 Å². The first-order chi connectivity index (χ1) is 15.9. The number of methoxy groups -OCH3 is 2. The molecule has 0 radical (unpaired) electrons. The summed E-state index contributed by atoms with van der Waals surface area (Å²) in [6, 6.07) is 13.4. The zero-order chi connectivity index (χ0) is 23.7. The second kappa shape index (κ2) is 8.67. The van der Waals surface area contributed by atoms with Crippen molar-refractivity contribution in [2.24, 2.45) is 5.73 Å². The predicted molar refractivity (Wildman–Crippen MR) is 121 cm³/mol. The molecule has 0 amide bonds. The first-order valence-corrected chi connectivity index (χ1v) is 10.3. The number of anilines is 1. The molecule has 0 spiro atoms. The van der Waals surface area contributed by atoms with Crippen LogP contribution in [-0.4, -0.2) is 24.9 Å². The number of nitriles is 1. The lowest BCUT2D eigenvalue weighted by Crippen LogP contribution is -2.38. The smallest absolute Gasteiger partial charge is 0.271 e. The van der Waals surface area contributed by atoms with Crippen LogP contribution in [0.15, 0.2) is 65.1 Å². The van der Waals surface area contributed by atoms with Gasteiger partial charge in [-0.2, -0.15) is 5.26 Å². The van der Waals surface area contributed by atoms with Gasteiger partial charge < -0.3 is 15.2 Å². The molecule has 1 atom stereocenters. The van der Waals surface area contributed by atoms with Crippen molar-refractivity contribution in [3.63, 3.8) is 0 Å². The van der Waals surface area contributed by atoms with Crippen LogP contribution in [0.25, 0.3) is 0 Å². The summed E-state index contributed by atoms with van der Waals surface area (Å²) < 4.78 is 10.7. The average molecular weight is 446 g/mol. The van der Waals surface area contributed by atoms with Crippen LogP contribution in [0.1, 0.15) is 30.7 Å². The van der Waals surface area contributed by atoms with Crippen LogP contribution in [0.3, 0.4) is 0 Å². The van der Waals surface area contributed by atoms with Crippen LogP contribution in [0, 0.1) is 21.4 Å². The number of Topliss-reactive ketones (excluding diaryl/α,β-unsaturated/α-hetero) is 1. The largest absolute Gasteiger partial charge is 0.493 e. The van der Waals surface area contributed by atoms with Crippen LogP contribution >= 0.6 is 0 Å². The molecular weight excluding hydrogens is 424 g/mol. The lowest BCUT2D eigenvalue weighted by Gasteiger charge is -2.39. The first kappa shape index (κ1) is 21.9. The van der Waals surface area contributed by atoms with Crippen LogP contribution < -0.4 is 20.1 Å². The number of ether oxygens (including phenoxy) is 2. The number of allylic oxidation sites excluding steroid dienone is 3. The minimum absolute atomic E-state index is 0.0771. The second-order valence-corrected chi connectivity index (χ2v) is 7.71. The van der Waals surface area contributed by atoms with E-state index < -0.39 is 10.8 Å². The van der Waals surface area contributed by atoms with Crippen LogP contribution in [0.4, 0.5) is 11.4 Å². The number of hydrogen-bond acceptors (Lipinski definition) is 8. The van der Waals surface area contributed by atoms with Crippen molar-refractivity contribution in [2.75, 3.05) is 19.1 Å². The molecule has 1 heterocycles. The highest BCUT2D eigenvalue weighted by Gasteiger charge is 2.40. The third-order valence-electron chi connectivity index (χ3n) is 5.95. The SMILES string of the molecule is COc1ccc([C@H]2C(C#N)=C(N)N(c3cccc([N+](=O)[O-])c3)C3=C2C(=O)CCC3)cc1OC. The molecule has 1 aliphatic carbocycles. The minimum Gasteiger partial charge on any atom is -0.493 e. The number of rotatable bonds is 5. The highest BCUT2D eigenvalue weighted by atomic mass is 16.6. The molecule has 33 heavy (non-hydrogen) atoms. The Hall–Kier alpha value is -4.32. The fraction of sp³-hybridized carbons (Fsp3) is 0.250. The van der Waals surface area contributed by atoms with E-state index in [1.165, 1.54) is 26.4 Å². The summed E-state index contributed by atoms with van der Waals surface area (Å²) in [5.74, 6) is 0.387. The summed E-state index contributed by atoms with van der Waals surface area (Å²) in [6.45, 7) is 0. The van der Waals surface area contributed by atoms with Crippen LogP contribution in [0.2, 0.25) is 0 Å². The molecule has 0 unspecified atom stereocenters. The summed E-state index contributed by atoms with van der Waals surface area (Å²) in [7, 11) is 3.04. The summed E-state index contributed by atoms with van der Waals surface area (Å²) in [5, 5.41) is 21.4. The van der Waals surface area contributed by atoms with Crippen molar-refractivity contribution >= 4 is 17.2 Å².